The maximum absolute atomic E-state index is 5.09. The Kier molecular flexibility index (Phi) is 4.57. The third kappa shape index (κ3) is 3.82. The van der Waals surface area contributed by atoms with Crippen molar-refractivity contribution in [3.05, 3.63) is 40.4 Å². The molecule has 2 aromatic rings. The van der Waals surface area contributed by atoms with Crippen LogP contribution in [0.4, 0.5) is 5.95 Å². The SMILES string of the molecule is COc1cc(OC)nc(NCc2ccc(Br)cc2)n1. The van der Waals surface area contributed by atoms with E-state index in [-0.39, 0.29) is 0 Å². The van der Waals surface area contributed by atoms with Gasteiger partial charge in [0.1, 0.15) is 0 Å². The largest absolute Gasteiger partial charge is 0.481 e. The third-order valence-corrected chi connectivity index (χ3v) is 2.99. The predicted molar refractivity (Wildman–Crippen MR) is 76.6 cm³/mol. The van der Waals surface area contributed by atoms with Gasteiger partial charge >= 0.3 is 0 Å². The molecule has 0 saturated carbocycles. The van der Waals surface area contributed by atoms with Gasteiger partial charge in [-0.1, -0.05) is 28.1 Å². The van der Waals surface area contributed by atoms with Crippen molar-refractivity contribution in [1.82, 2.24) is 9.97 Å². The van der Waals surface area contributed by atoms with Gasteiger partial charge in [-0.05, 0) is 17.7 Å². The monoisotopic (exact) mass is 323 g/mol. The Bertz CT molecular complexity index is 524. The minimum absolute atomic E-state index is 0.463. The maximum Gasteiger partial charge on any atom is 0.229 e. The molecule has 0 saturated heterocycles. The zero-order valence-electron chi connectivity index (χ0n) is 10.7. The second-order valence-corrected chi connectivity index (χ2v) is 4.67. The van der Waals surface area contributed by atoms with Gasteiger partial charge in [0.25, 0.3) is 0 Å². The molecule has 6 heteroatoms. The number of hydrogen-bond donors (Lipinski definition) is 1. The molecule has 19 heavy (non-hydrogen) atoms. The van der Waals surface area contributed by atoms with Crippen LogP contribution in [0, 0.1) is 0 Å². The second-order valence-electron chi connectivity index (χ2n) is 3.76. The number of halogens is 1. The second kappa shape index (κ2) is 6.38. The van der Waals surface area contributed by atoms with E-state index in [0.717, 1.165) is 10.0 Å². The van der Waals surface area contributed by atoms with Crippen LogP contribution in [0.15, 0.2) is 34.8 Å². The molecule has 0 aliphatic rings. The molecule has 0 fully saturated rings. The van der Waals surface area contributed by atoms with Crippen LogP contribution in [0.3, 0.4) is 0 Å². The molecule has 0 aliphatic heterocycles. The summed E-state index contributed by atoms with van der Waals surface area (Å²) in [7, 11) is 3.11. The van der Waals surface area contributed by atoms with Crippen molar-refractivity contribution in [1.29, 1.82) is 0 Å². The Morgan fingerprint density at radius 3 is 2.16 bits per heavy atom. The van der Waals surface area contributed by atoms with E-state index in [1.807, 2.05) is 24.3 Å². The van der Waals surface area contributed by atoms with Crippen LogP contribution in [-0.2, 0) is 6.54 Å². The first kappa shape index (κ1) is 13.6. The zero-order valence-corrected chi connectivity index (χ0v) is 12.3. The standard InChI is InChI=1S/C13H14BrN3O2/c1-18-11-7-12(19-2)17-13(16-11)15-8-9-3-5-10(14)6-4-9/h3-7H,8H2,1-2H3,(H,15,16,17). The van der Waals surface area contributed by atoms with Crippen LogP contribution in [-0.4, -0.2) is 24.2 Å². The molecule has 0 unspecified atom stereocenters. The first-order chi connectivity index (χ1) is 9.21. The molecule has 100 valence electrons. The highest BCUT2D eigenvalue weighted by Crippen LogP contribution is 2.18. The normalized spacial score (nSPS) is 10.1. The fraction of sp³-hybridized carbons (Fsp3) is 0.231. The molecule has 2 rings (SSSR count). The molecule has 1 heterocycles. The third-order valence-electron chi connectivity index (χ3n) is 2.46. The van der Waals surface area contributed by atoms with Gasteiger partial charge in [0.15, 0.2) is 0 Å². The lowest BCUT2D eigenvalue weighted by Crippen LogP contribution is -2.05. The molecule has 0 bridgehead atoms. The minimum Gasteiger partial charge on any atom is -0.481 e. The number of anilines is 1. The van der Waals surface area contributed by atoms with Crippen LogP contribution in [0.5, 0.6) is 11.8 Å². The molecule has 1 N–H and O–H groups in total. The number of nitrogens with one attached hydrogen (secondary N) is 1. The average Bonchev–Trinajstić information content (AvgIpc) is 2.46. The molecule has 1 aromatic carbocycles. The summed E-state index contributed by atoms with van der Waals surface area (Å²) < 4.78 is 11.2. The van der Waals surface area contributed by atoms with Crippen LogP contribution in [0.25, 0.3) is 0 Å². The summed E-state index contributed by atoms with van der Waals surface area (Å²) in [6, 6.07) is 9.65. The summed E-state index contributed by atoms with van der Waals surface area (Å²) in [5.74, 6) is 1.40. The highest BCUT2D eigenvalue weighted by molar-refractivity contribution is 9.10. The summed E-state index contributed by atoms with van der Waals surface area (Å²) in [5.41, 5.74) is 1.13. The Balaban J connectivity index is 2.08. The molecule has 0 atom stereocenters. The van der Waals surface area contributed by atoms with Gasteiger partial charge in [-0.15, -0.1) is 0 Å². The van der Waals surface area contributed by atoms with E-state index in [1.54, 1.807) is 20.3 Å². The number of rotatable bonds is 5. The Morgan fingerprint density at radius 2 is 1.63 bits per heavy atom. The molecular formula is C13H14BrN3O2. The molecular weight excluding hydrogens is 310 g/mol. The van der Waals surface area contributed by atoms with Crippen LogP contribution >= 0.6 is 15.9 Å². The fourth-order valence-electron chi connectivity index (χ4n) is 1.48. The first-order valence-electron chi connectivity index (χ1n) is 5.66. The summed E-state index contributed by atoms with van der Waals surface area (Å²) in [5, 5.41) is 3.13. The summed E-state index contributed by atoms with van der Waals surface area (Å²) in [4.78, 5) is 8.40. The van der Waals surface area contributed by atoms with Crippen molar-refractivity contribution in [2.75, 3.05) is 19.5 Å². The predicted octanol–water partition coefficient (Wildman–Crippen LogP) is 2.87. The lowest BCUT2D eigenvalue weighted by atomic mass is 10.2. The van der Waals surface area contributed by atoms with Crippen LogP contribution < -0.4 is 14.8 Å². The van der Waals surface area contributed by atoms with Crippen molar-refractivity contribution < 1.29 is 9.47 Å². The Labute approximate surface area is 120 Å². The molecule has 0 spiro atoms. The number of benzene rings is 1. The smallest absolute Gasteiger partial charge is 0.229 e. The maximum atomic E-state index is 5.09. The number of hydrogen-bond acceptors (Lipinski definition) is 5. The van der Waals surface area contributed by atoms with Crippen molar-refractivity contribution in [3.63, 3.8) is 0 Å². The summed E-state index contributed by atoms with van der Waals surface area (Å²) >= 11 is 3.40. The van der Waals surface area contributed by atoms with E-state index in [9.17, 15) is 0 Å². The van der Waals surface area contributed by atoms with Crippen molar-refractivity contribution in [2.24, 2.45) is 0 Å². The summed E-state index contributed by atoms with van der Waals surface area (Å²) in [6.45, 7) is 0.629. The molecule has 0 radical (unpaired) electrons. The van der Waals surface area contributed by atoms with Crippen LogP contribution in [0.1, 0.15) is 5.56 Å². The van der Waals surface area contributed by atoms with E-state index in [0.29, 0.717) is 24.3 Å². The van der Waals surface area contributed by atoms with E-state index < -0.39 is 0 Å². The Hall–Kier alpha value is -1.82. The zero-order chi connectivity index (χ0) is 13.7. The number of aromatic nitrogens is 2. The van der Waals surface area contributed by atoms with Gasteiger partial charge in [-0.3, -0.25) is 0 Å². The van der Waals surface area contributed by atoms with E-state index in [4.69, 9.17) is 9.47 Å². The molecule has 1 aromatic heterocycles. The lowest BCUT2D eigenvalue weighted by molar-refractivity contribution is 0.373. The van der Waals surface area contributed by atoms with Crippen molar-refractivity contribution in [3.8, 4) is 11.8 Å². The van der Waals surface area contributed by atoms with Gasteiger partial charge in [0, 0.05) is 11.0 Å². The van der Waals surface area contributed by atoms with Gasteiger partial charge in [-0.25, -0.2) is 0 Å². The fourth-order valence-corrected chi connectivity index (χ4v) is 1.74. The topological polar surface area (TPSA) is 56.3 Å². The molecule has 0 amide bonds. The Morgan fingerprint density at radius 1 is 1.05 bits per heavy atom. The van der Waals surface area contributed by atoms with Gasteiger partial charge in [0.2, 0.25) is 17.7 Å². The van der Waals surface area contributed by atoms with E-state index in [2.05, 4.69) is 31.2 Å². The lowest BCUT2D eigenvalue weighted by Gasteiger charge is -2.08. The van der Waals surface area contributed by atoms with Crippen LogP contribution in [0.2, 0.25) is 0 Å². The number of nitrogens with zero attached hydrogens (tertiary/aromatic N) is 2. The van der Waals surface area contributed by atoms with Gasteiger partial charge in [0.05, 0.1) is 20.3 Å². The van der Waals surface area contributed by atoms with E-state index >= 15 is 0 Å². The highest BCUT2D eigenvalue weighted by Gasteiger charge is 2.04. The molecule has 5 nitrogen and oxygen atoms in total. The van der Waals surface area contributed by atoms with Gasteiger partial charge < -0.3 is 14.8 Å². The molecule has 0 aliphatic carbocycles. The van der Waals surface area contributed by atoms with E-state index in [1.165, 1.54) is 0 Å². The summed E-state index contributed by atoms with van der Waals surface area (Å²) in [6.07, 6.45) is 0. The number of methoxy groups -OCH3 is 2. The first-order valence-corrected chi connectivity index (χ1v) is 6.46. The van der Waals surface area contributed by atoms with Crippen molar-refractivity contribution >= 4 is 21.9 Å². The van der Waals surface area contributed by atoms with Gasteiger partial charge in [-0.2, -0.15) is 9.97 Å². The van der Waals surface area contributed by atoms with Crippen molar-refractivity contribution in [2.45, 2.75) is 6.54 Å². The quantitative estimate of drug-likeness (QED) is 0.916. The average molecular weight is 324 g/mol. The minimum atomic E-state index is 0.463. The number of ether oxygens (including phenoxy) is 2. The highest BCUT2D eigenvalue weighted by atomic mass is 79.9.